The Balaban J connectivity index is 0.922. The Kier molecular flexibility index (Phi) is 9.65. The third kappa shape index (κ3) is 6.40. The predicted molar refractivity (Wildman–Crippen MR) is 315 cm³/mol. The summed E-state index contributed by atoms with van der Waals surface area (Å²) in [6.07, 6.45) is 0. The summed E-state index contributed by atoms with van der Waals surface area (Å²) in [5.41, 5.74) is 21.0. The summed E-state index contributed by atoms with van der Waals surface area (Å²) in [5, 5.41) is 26.3. The van der Waals surface area contributed by atoms with Gasteiger partial charge in [-0.3, -0.25) is 0 Å². The molecule has 10 aromatic carbocycles. The van der Waals surface area contributed by atoms with Crippen LogP contribution in [0.15, 0.2) is 212 Å². The summed E-state index contributed by atoms with van der Waals surface area (Å²) >= 11 is 0. The van der Waals surface area contributed by atoms with Gasteiger partial charge in [0.25, 0.3) is 0 Å². The molecule has 0 unspecified atom stereocenters. The third-order valence-corrected chi connectivity index (χ3v) is 16.8. The molecule has 3 aromatic heterocycles. The van der Waals surface area contributed by atoms with Crippen LogP contribution in [0.25, 0.3) is 123 Å². The van der Waals surface area contributed by atoms with Crippen molar-refractivity contribution in [1.82, 2.24) is 24.1 Å². The van der Waals surface area contributed by atoms with Crippen LogP contribution >= 0.6 is 0 Å². The first-order valence-corrected chi connectivity index (χ1v) is 26.5. The first kappa shape index (κ1) is 45.2. The molecule has 2 aliphatic rings. The second kappa shape index (κ2) is 16.6. The second-order valence-corrected chi connectivity index (χ2v) is 21.7. The maximum absolute atomic E-state index is 11.2. The van der Waals surface area contributed by atoms with Crippen LogP contribution in [0.3, 0.4) is 0 Å². The highest BCUT2D eigenvalue weighted by Crippen LogP contribution is 2.55. The van der Waals surface area contributed by atoms with Crippen molar-refractivity contribution in [2.75, 3.05) is 0 Å². The van der Waals surface area contributed by atoms with Crippen molar-refractivity contribution in [1.29, 1.82) is 10.5 Å². The number of fused-ring (bicyclic) bond motifs is 14. The van der Waals surface area contributed by atoms with Crippen LogP contribution in [0, 0.1) is 22.7 Å². The molecule has 366 valence electrons. The molecule has 3 heterocycles. The molecular weight excluding hydrogens is 951 g/mol. The molecule has 0 saturated carbocycles. The van der Waals surface area contributed by atoms with Crippen LogP contribution in [0.4, 0.5) is 0 Å². The quantitative estimate of drug-likeness (QED) is 0.165. The van der Waals surface area contributed by atoms with Crippen LogP contribution in [0.1, 0.15) is 61.1 Å². The van der Waals surface area contributed by atoms with E-state index in [1.54, 1.807) is 0 Å². The van der Waals surface area contributed by atoms with E-state index >= 15 is 0 Å². The molecule has 0 fully saturated rings. The highest BCUT2D eigenvalue weighted by Gasteiger charge is 2.40. The van der Waals surface area contributed by atoms with E-state index in [2.05, 4.69) is 195 Å². The summed E-state index contributed by atoms with van der Waals surface area (Å²) in [6.45, 7) is 9.34. The van der Waals surface area contributed by atoms with Gasteiger partial charge in [-0.15, -0.1) is 0 Å². The van der Waals surface area contributed by atoms with Crippen molar-refractivity contribution in [3.05, 3.63) is 246 Å². The smallest absolute Gasteiger partial charge is 0.165 e. The minimum absolute atomic E-state index is 0.218. The Morgan fingerprint density at radius 2 is 0.846 bits per heavy atom. The number of rotatable bonds is 6. The number of benzene rings is 10. The van der Waals surface area contributed by atoms with Gasteiger partial charge in [-0.2, -0.15) is 10.5 Å². The fourth-order valence-electron chi connectivity index (χ4n) is 13.4. The Morgan fingerprint density at radius 3 is 1.44 bits per heavy atom. The average Bonchev–Trinajstić information content (AvgIpc) is 4.35. The van der Waals surface area contributed by atoms with E-state index < -0.39 is 0 Å². The fraction of sp³-hybridized carbons (Fsp3) is 0.0845. The molecule has 0 atom stereocenters. The number of nitrogens with zero attached hydrogens (tertiary/aromatic N) is 7. The molecule has 0 bridgehead atoms. The lowest BCUT2D eigenvalue weighted by molar-refractivity contribution is 0.666. The van der Waals surface area contributed by atoms with Gasteiger partial charge in [0, 0.05) is 60.4 Å². The molecule has 2 aliphatic carbocycles. The lowest BCUT2D eigenvalue weighted by Gasteiger charge is -2.22. The predicted octanol–water partition coefficient (Wildman–Crippen LogP) is 17.1. The molecule has 78 heavy (non-hydrogen) atoms. The Hall–Kier alpha value is -10.2. The highest BCUT2D eigenvalue weighted by atomic mass is 15.0. The van der Waals surface area contributed by atoms with Crippen molar-refractivity contribution in [3.8, 4) is 91.1 Å². The van der Waals surface area contributed by atoms with E-state index in [4.69, 9.17) is 15.0 Å². The molecule has 7 heteroatoms. The Morgan fingerprint density at radius 1 is 0.359 bits per heavy atom. The lowest BCUT2D eigenvalue weighted by Crippen LogP contribution is -2.15. The van der Waals surface area contributed by atoms with Crippen molar-refractivity contribution < 1.29 is 0 Å². The largest absolute Gasteiger partial charge is 0.309 e. The fourth-order valence-corrected chi connectivity index (χ4v) is 13.4. The molecule has 0 spiro atoms. The van der Waals surface area contributed by atoms with E-state index in [0.717, 1.165) is 55.7 Å². The van der Waals surface area contributed by atoms with E-state index in [9.17, 15) is 10.5 Å². The number of hydrogen-bond acceptors (Lipinski definition) is 5. The SMILES string of the molecule is CC1(C)c2ccccc2-c2ccc3c(c21)c1ccccc1n3-c1ccc(-c2nc(-c3ccccc3)nc(-c3ccc(-n4c5ccccc5c5c6c(ccc54)-c4ccccc4C6(C)C)cc3-c3cccc(C#N)c3)n2)c(C#N)c1. The number of nitriles is 2. The first-order chi connectivity index (χ1) is 38.1. The monoisotopic (exact) mass is 997 g/mol. The van der Waals surface area contributed by atoms with Gasteiger partial charge in [0.2, 0.25) is 0 Å². The zero-order chi connectivity index (χ0) is 52.6. The molecule has 0 amide bonds. The summed E-state index contributed by atoms with van der Waals surface area (Å²) < 4.78 is 4.65. The van der Waals surface area contributed by atoms with Gasteiger partial charge in [-0.25, -0.2) is 15.0 Å². The van der Waals surface area contributed by atoms with Crippen molar-refractivity contribution in [2.45, 2.75) is 38.5 Å². The van der Waals surface area contributed by atoms with Gasteiger partial charge in [0.05, 0.1) is 45.3 Å². The van der Waals surface area contributed by atoms with Crippen LogP contribution in [0.2, 0.25) is 0 Å². The summed E-state index contributed by atoms with van der Waals surface area (Å²) in [7, 11) is 0. The second-order valence-electron chi connectivity index (χ2n) is 21.7. The van der Waals surface area contributed by atoms with Gasteiger partial charge in [-0.05, 0) is 128 Å². The standard InChI is InChI=1S/C71H47N7/c1-70(2)57-25-12-8-21-49(57)51-33-35-61-63(65(51)70)54-23-10-14-27-59(54)77(61)46-29-31-48(45(38-46)41-73)68-74-67(43-18-6-5-7-19-43)75-69(76-68)53-32-30-47(39-56(53)44-20-16-17-42(37-44)40-72)78-60-28-15-11-24-55(60)64-62(78)36-34-52-50-22-9-13-26-58(50)71(3,4)66(52)64/h5-39H,1-4H3. The maximum Gasteiger partial charge on any atom is 0.165 e. The number of aromatic nitrogens is 5. The summed E-state index contributed by atoms with van der Waals surface area (Å²) in [6, 6.07) is 78.9. The van der Waals surface area contributed by atoms with Crippen LogP contribution < -0.4 is 0 Å². The summed E-state index contributed by atoms with van der Waals surface area (Å²) in [5.74, 6) is 1.29. The van der Waals surface area contributed by atoms with E-state index in [-0.39, 0.29) is 10.8 Å². The van der Waals surface area contributed by atoms with Gasteiger partial charge in [-0.1, -0.05) is 167 Å². The lowest BCUT2D eigenvalue weighted by atomic mass is 9.80. The van der Waals surface area contributed by atoms with Crippen LogP contribution in [0.5, 0.6) is 0 Å². The van der Waals surface area contributed by atoms with E-state index in [0.29, 0.717) is 34.2 Å². The van der Waals surface area contributed by atoms with Gasteiger partial charge in [0.1, 0.15) is 0 Å². The number of para-hydroxylation sites is 2. The summed E-state index contributed by atoms with van der Waals surface area (Å²) in [4.78, 5) is 15.7. The minimum atomic E-state index is -0.220. The first-order valence-electron chi connectivity index (χ1n) is 26.5. The third-order valence-electron chi connectivity index (χ3n) is 16.8. The van der Waals surface area contributed by atoms with Gasteiger partial charge < -0.3 is 9.13 Å². The van der Waals surface area contributed by atoms with Gasteiger partial charge >= 0.3 is 0 Å². The molecular formula is C71H47N7. The molecule has 0 radical (unpaired) electrons. The molecule has 0 aliphatic heterocycles. The molecule has 15 rings (SSSR count). The normalized spacial score (nSPS) is 13.6. The van der Waals surface area contributed by atoms with E-state index in [1.807, 2.05) is 66.7 Å². The zero-order valence-electron chi connectivity index (χ0n) is 43.3. The molecule has 13 aromatic rings. The highest BCUT2D eigenvalue weighted by molar-refractivity contribution is 6.16. The number of hydrogen-bond donors (Lipinski definition) is 0. The molecule has 0 N–H and O–H groups in total. The topological polar surface area (TPSA) is 96.1 Å². The Labute approximate surface area is 451 Å². The van der Waals surface area contributed by atoms with E-state index in [1.165, 1.54) is 66.1 Å². The van der Waals surface area contributed by atoms with Gasteiger partial charge in [0.15, 0.2) is 17.5 Å². The average molecular weight is 998 g/mol. The maximum atomic E-state index is 11.2. The Bertz CT molecular complexity index is 4820. The zero-order valence-corrected chi connectivity index (χ0v) is 43.3. The van der Waals surface area contributed by atoms with Crippen molar-refractivity contribution in [3.63, 3.8) is 0 Å². The molecule has 0 saturated heterocycles. The van der Waals surface area contributed by atoms with Crippen molar-refractivity contribution in [2.24, 2.45) is 0 Å². The van der Waals surface area contributed by atoms with Crippen molar-refractivity contribution >= 4 is 43.6 Å². The minimum Gasteiger partial charge on any atom is -0.309 e. The van der Waals surface area contributed by atoms with Crippen LogP contribution in [-0.4, -0.2) is 24.1 Å². The molecule has 7 nitrogen and oxygen atoms in total. The van der Waals surface area contributed by atoms with Crippen LogP contribution in [-0.2, 0) is 10.8 Å².